The number of hydrogen-bond acceptors (Lipinski definition) is 4. The minimum Gasteiger partial charge on any atom is -0.457 e. The number of aromatic nitrogens is 1. The van der Waals surface area contributed by atoms with Crippen LogP contribution in [0.25, 0.3) is 0 Å². The molecule has 1 fully saturated rings. The SMILES string of the molecule is C=C1CCCN(C(=O)c2ccccc2Oc2ccccc2)[C@@H]1CNc1ccc(C(F)(F)F)cn1. The van der Waals surface area contributed by atoms with Crippen molar-refractivity contribution in [3.05, 3.63) is 96.2 Å². The molecule has 5 nitrogen and oxygen atoms in total. The molecular weight excluding hydrogens is 443 g/mol. The van der Waals surface area contributed by atoms with Crippen molar-refractivity contribution in [2.75, 3.05) is 18.4 Å². The highest BCUT2D eigenvalue weighted by atomic mass is 19.4. The van der Waals surface area contributed by atoms with Gasteiger partial charge in [0.2, 0.25) is 0 Å². The molecule has 0 saturated carbocycles. The van der Waals surface area contributed by atoms with Crippen LogP contribution in [0.5, 0.6) is 11.5 Å². The van der Waals surface area contributed by atoms with E-state index in [1.807, 2.05) is 30.3 Å². The molecular formula is C26H24F3N3O2. The van der Waals surface area contributed by atoms with Gasteiger partial charge < -0.3 is 15.0 Å². The number of benzene rings is 2. The molecule has 0 unspecified atom stereocenters. The molecule has 1 aliphatic rings. The Labute approximate surface area is 195 Å². The highest BCUT2D eigenvalue weighted by Gasteiger charge is 2.32. The second-order valence-corrected chi connectivity index (χ2v) is 8.00. The second kappa shape index (κ2) is 9.99. The summed E-state index contributed by atoms with van der Waals surface area (Å²) in [6.07, 6.45) is -2.11. The molecule has 2 aromatic carbocycles. The van der Waals surface area contributed by atoms with Crippen LogP contribution in [-0.2, 0) is 6.18 Å². The average molecular weight is 467 g/mol. The van der Waals surface area contributed by atoms with E-state index in [0.717, 1.165) is 30.7 Å². The Morgan fingerprint density at radius 3 is 2.53 bits per heavy atom. The lowest BCUT2D eigenvalue weighted by molar-refractivity contribution is -0.137. The van der Waals surface area contributed by atoms with Gasteiger partial charge in [-0.3, -0.25) is 4.79 Å². The van der Waals surface area contributed by atoms with Crippen LogP contribution in [-0.4, -0.2) is 34.9 Å². The molecule has 0 radical (unpaired) electrons. The van der Waals surface area contributed by atoms with Gasteiger partial charge in [-0.25, -0.2) is 4.98 Å². The molecule has 1 aliphatic heterocycles. The zero-order valence-electron chi connectivity index (χ0n) is 18.4. The number of nitrogens with one attached hydrogen (secondary N) is 1. The van der Waals surface area contributed by atoms with Crippen molar-refractivity contribution >= 4 is 11.7 Å². The second-order valence-electron chi connectivity index (χ2n) is 8.00. The number of anilines is 1. The van der Waals surface area contributed by atoms with Crippen molar-refractivity contribution in [3.8, 4) is 11.5 Å². The van der Waals surface area contributed by atoms with Crippen LogP contribution in [0.3, 0.4) is 0 Å². The molecule has 0 spiro atoms. The molecule has 0 bridgehead atoms. The number of ether oxygens (including phenoxy) is 1. The van der Waals surface area contributed by atoms with Gasteiger partial charge in [-0.15, -0.1) is 0 Å². The van der Waals surface area contributed by atoms with Gasteiger partial charge in [0.25, 0.3) is 5.91 Å². The Balaban J connectivity index is 1.51. The Kier molecular flexibility index (Phi) is 6.86. The smallest absolute Gasteiger partial charge is 0.417 e. The summed E-state index contributed by atoms with van der Waals surface area (Å²) in [6.45, 7) is 4.95. The van der Waals surface area contributed by atoms with E-state index in [2.05, 4.69) is 16.9 Å². The van der Waals surface area contributed by atoms with Crippen molar-refractivity contribution in [2.24, 2.45) is 0 Å². The summed E-state index contributed by atoms with van der Waals surface area (Å²) < 4.78 is 44.3. The molecule has 2 heterocycles. The van der Waals surface area contributed by atoms with Gasteiger partial charge in [0.1, 0.15) is 17.3 Å². The molecule has 1 saturated heterocycles. The quantitative estimate of drug-likeness (QED) is 0.441. The summed E-state index contributed by atoms with van der Waals surface area (Å²) in [5.41, 5.74) is 0.492. The number of carbonyl (C=O) groups is 1. The summed E-state index contributed by atoms with van der Waals surface area (Å²) in [7, 11) is 0. The molecule has 8 heteroatoms. The lowest BCUT2D eigenvalue weighted by Crippen LogP contribution is -2.48. The number of hydrogen-bond donors (Lipinski definition) is 1. The number of alkyl halides is 3. The molecule has 34 heavy (non-hydrogen) atoms. The molecule has 0 aliphatic carbocycles. The number of pyridine rings is 1. The molecule has 1 atom stereocenters. The topological polar surface area (TPSA) is 54.5 Å². The first-order valence-corrected chi connectivity index (χ1v) is 10.9. The fourth-order valence-electron chi connectivity index (χ4n) is 3.89. The normalized spacial score (nSPS) is 16.3. The van der Waals surface area contributed by atoms with Crippen LogP contribution in [0, 0.1) is 0 Å². The zero-order chi connectivity index (χ0) is 24.1. The van der Waals surface area contributed by atoms with Crippen LogP contribution < -0.4 is 10.1 Å². The first kappa shape index (κ1) is 23.4. The molecule has 176 valence electrons. The Bertz CT molecular complexity index is 1150. The van der Waals surface area contributed by atoms with E-state index in [1.54, 1.807) is 29.2 Å². The first-order chi connectivity index (χ1) is 16.3. The third-order valence-electron chi connectivity index (χ3n) is 5.66. The number of para-hydroxylation sites is 2. The predicted octanol–water partition coefficient (Wildman–Crippen LogP) is 6.17. The summed E-state index contributed by atoms with van der Waals surface area (Å²) >= 11 is 0. The van der Waals surface area contributed by atoms with E-state index in [-0.39, 0.29) is 18.5 Å². The monoisotopic (exact) mass is 467 g/mol. The molecule has 1 N–H and O–H groups in total. The van der Waals surface area contributed by atoms with Gasteiger partial charge in [-0.05, 0) is 49.2 Å². The van der Waals surface area contributed by atoms with Crippen molar-refractivity contribution < 1.29 is 22.7 Å². The van der Waals surface area contributed by atoms with Crippen molar-refractivity contribution in [1.29, 1.82) is 0 Å². The third-order valence-corrected chi connectivity index (χ3v) is 5.66. The Morgan fingerprint density at radius 2 is 1.82 bits per heavy atom. The van der Waals surface area contributed by atoms with Crippen LogP contribution in [0.15, 0.2) is 85.1 Å². The lowest BCUT2D eigenvalue weighted by atomic mass is 9.95. The highest BCUT2D eigenvalue weighted by molar-refractivity contribution is 5.97. The van der Waals surface area contributed by atoms with E-state index in [0.29, 0.717) is 29.4 Å². The number of likely N-dealkylation sites (tertiary alicyclic amines) is 1. The van der Waals surface area contributed by atoms with Gasteiger partial charge in [0.05, 0.1) is 17.2 Å². The van der Waals surface area contributed by atoms with Crippen molar-refractivity contribution in [3.63, 3.8) is 0 Å². The Morgan fingerprint density at radius 1 is 1.09 bits per heavy atom. The molecule has 4 rings (SSSR count). The fourth-order valence-corrected chi connectivity index (χ4v) is 3.89. The van der Waals surface area contributed by atoms with Crippen molar-refractivity contribution in [1.82, 2.24) is 9.88 Å². The molecule has 3 aromatic rings. The maximum Gasteiger partial charge on any atom is 0.417 e. The largest absolute Gasteiger partial charge is 0.457 e. The van der Waals surface area contributed by atoms with Crippen LogP contribution in [0.2, 0.25) is 0 Å². The zero-order valence-corrected chi connectivity index (χ0v) is 18.4. The Hall–Kier alpha value is -3.81. The maximum atomic E-state index is 13.6. The maximum absolute atomic E-state index is 13.6. The predicted molar refractivity (Wildman–Crippen MR) is 124 cm³/mol. The number of rotatable bonds is 6. The van der Waals surface area contributed by atoms with Gasteiger partial charge in [-0.2, -0.15) is 13.2 Å². The van der Waals surface area contributed by atoms with E-state index in [9.17, 15) is 18.0 Å². The standard InChI is InChI=1S/C26H24F3N3O2/c1-18-8-7-15-32(22(18)17-31-24-14-13-19(16-30-24)26(27,28)29)25(33)21-11-5-6-12-23(21)34-20-9-3-2-4-10-20/h2-6,9-14,16,22H,1,7-8,15,17H2,(H,30,31)/t22-/m1/s1. The van der Waals surface area contributed by atoms with Crippen molar-refractivity contribution in [2.45, 2.75) is 25.1 Å². The summed E-state index contributed by atoms with van der Waals surface area (Å²) in [4.78, 5) is 19.2. The third kappa shape index (κ3) is 5.39. The summed E-state index contributed by atoms with van der Waals surface area (Å²) in [5, 5.41) is 3.05. The van der Waals surface area contributed by atoms with Gasteiger partial charge >= 0.3 is 6.18 Å². The van der Waals surface area contributed by atoms with E-state index in [1.165, 1.54) is 6.07 Å². The number of amides is 1. The van der Waals surface area contributed by atoms with Gasteiger partial charge in [0.15, 0.2) is 0 Å². The average Bonchev–Trinajstić information content (AvgIpc) is 2.83. The summed E-state index contributed by atoms with van der Waals surface area (Å²) in [5.74, 6) is 1.18. The number of piperidine rings is 1. The first-order valence-electron chi connectivity index (χ1n) is 10.9. The molecule has 1 amide bonds. The van der Waals surface area contributed by atoms with Crippen LogP contribution in [0.1, 0.15) is 28.8 Å². The van der Waals surface area contributed by atoms with Crippen LogP contribution in [0.4, 0.5) is 19.0 Å². The highest BCUT2D eigenvalue weighted by Crippen LogP contribution is 2.31. The lowest BCUT2D eigenvalue weighted by Gasteiger charge is -2.37. The van der Waals surface area contributed by atoms with E-state index in [4.69, 9.17) is 4.74 Å². The van der Waals surface area contributed by atoms with Crippen LogP contribution >= 0.6 is 0 Å². The number of halogens is 3. The minimum absolute atomic E-state index is 0.195. The summed E-state index contributed by atoms with van der Waals surface area (Å²) in [6, 6.07) is 18.2. The van der Waals surface area contributed by atoms with E-state index >= 15 is 0 Å². The minimum atomic E-state index is -4.44. The van der Waals surface area contributed by atoms with Gasteiger partial charge in [-0.1, -0.05) is 42.5 Å². The fraction of sp³-hybridized carbons (Fsp3) is 0.231. The number of carbonyl (C=O) groups excluding carboxylic acids is 1. The van der Waals surface area contributed by atoms with E-state index < -0.39 is 11.7 Å². The van der Waals surface area contributed by atoms with Gasteiger partial charge in [0, 0.05) is 19.3 Å². The molecule has 1 aromatic heterocycles. The number of nitrogens with zero attached hydrogens (tertiary/aromatic N) is 2.